The second kappa shape index (κ2) is 5.95. The maximum absolute atomic E-state index is 4.35. The van der Waals surface area contributed by atoms with Crippen molar-refractivity contribution in [1.82, 2.24) is 19.7 Å². The van der Waals surface area contributed by atoms with Gasteiger partial charge in [0, 0.05) is 12.7 Å². The van der Waals surface area contributed by atoms with Gasteiger partial charge >= 0.3 is 0 Å². The lowest BCUT2D eigenvalue weighted by atomic mass is 10.4. The molecule has 0 spiro atoms. The number of hydrogen-bond donors (Lipinski definition) is 1. The Morgan fingerprint density at radius 3 is 2.76 bits per heavy atom. The van der Waals surface area contributed by atoms with Gasteiger partial charge in [0.1, 0.15) is 5.82 Å². The summed E-state index contributed by atoms with van der Waals surface area (Å²) >= 11 is 2.23. The van der Waals surface area contributed by atoms with Crippen molar-refractivity contribution in [1.29, 1.82) is 0 Å². The molecule has 0 radical (unpaired) electrons. The fourth-order valence-electron chi connectivity index (χ4n) is 1.37. The van der Waals surface area contributed by atoms with Crippen molar-refractivity contribution in [2.75, 3.05) is 11.9 Å². The molecule has 0 fully saturated rings. The third-order valence-corrected chi connectivity index (χ3v) is 2.74. The standard InChI is InChI=1S/C11H14IN5/c1-2-3-13-11-6-14-10(5-15-11)8-17-7-9(12)4-16-17/h4-7H,2-3,8H2,1H3,(H,13,15). The first-order valence-electron chi connectivity index (χ1n) is 5.50. The predicted octanol–water partition coefficient (Wildman–Crippen LogP) is 2.15. The molecule has 6 heteroatoms. The van der Waals surface area contributed by atoms with Crippen LogP contribution < -0.4 is 5.32 Å². The Hall–Kier alpha value is -1.18. The minimum Gasteiger partial charge on any atom is -0.369 e. The molecule has 2 heterocycles. The molecule has 2 aromatic heterocycles. The summed E-state index contributed by atoms with van der Waals surface area (Å²) in [6.45, 7) is 3.70. The summed E-state index contributed by atoms with van der Waals surface area (Å²) in [5, 5.41) is 7.40. The molecule has 2 aromatic rings. The molecule has 0 unspecified atom stereocenters. The van der Waals surface area contributed by atoms with Crippen molar-refractivity contribution in [2.45, 2.75) is 19.9 Å². The van der Waals surface area contributed by atoms with Crippen LogP contribution in [0.4, 0.5) is 5.82 Å². The Morgan fingerprint density at radius 2 is 2.18 bits per heavy atom. The van der Waals surface area contributed by atoms with Gasteiger partial charge in [0.05, 0.1) is 34.4 Å². The maximum atomic E-state index is 4.35. The fourth-order valence-corrected chi connectivity index (χ4v) is 1.82. The van der Waals surface area contributed by atoms with Crippen LogP contribution in [0.1, 0.15) is 19.0 Å². The van der Waals surface area contributed by atoms with Gasteiger partial charge in [-0.1, -0.05) is 6.92 Å². The van der Waals surface area contributed by atoms with Crippen molar-refractivity contribution in [3.63, 3.8) is 0 Å². The van der Waals surface area contributed by atoms with Crippen LogP contribution in [-0.4, -0.2) is 26.3 Å². The van der Waals surface area contributed by atoms with E-state index in [-0.39, 0.29) is 0 Å². The van der Waals surface area contributed by atoms with Crippen molar-refractivity contribution in [3.8, 4) is 0 Å². The molecule has 90 valence electrons. The molecule has 0 aromatic carbocycles. The predicted molar refractivity (Wildman–Crippen MR) is 74.9 cm³/mol. The summed E-state index contributed by atoms with van der Waals surface area (Å²) < 4.78 is 2.97. The molecular formula is C11H14IN5. The van der Waals surface area contributed by atoms with Gasteiger partial charge in [-0.15, -0.1) is 0 Å². The zero-order chi connectivity index (χ0) is 12.1. The second-order valence-corrected chi connectivity index (χ2v) is 4.92. The van der Waals surface area contributed by atoms with Gasteiger partial charge in [-0.05, 0) is 29.0 Å². The quantitative estimate of drug-likeness (QED) is 0.846. The van der Waals surface area contributed by atoms with Gasteiger partial charge in [0.25, 0.3) is 0 Å². The Kier molecular flexibility index (Phi) is 4.29. The molecule has 0 aliphatic carbocycles. The Labute approximate surface area is 114 Å². The van der Waals surface area contributed by atoms with Crippen LogP contribution in [0.3, 0.4) is 0 Å². The molecular weight excluding hydrogens is 329 g/mol. The van der Waals surface area contributed by atoms with Crippen LogP contribution in [0.2, 0.25) is 0 Å². The van der Waals surface area contributed by atoms with Crippen molar-refractivity contribution < 1.29 is 0 Å². The highest BCUT2D eigenvalue weighted by Gasteiger charge is 2.00. The molecule has 0 aliphatic heterocycles. The number of nitrogens with zero attached hydrogens (tertiary/aromatic N) is 4. The molecule has 0 saturated heterocycles. The lowest BCUT2D eigenvalue weighted by Crippen LogP contribution is -2.06. The molecule has 5 nitrogen and oxygen atoms in total. The number of anilines is 1. The average Bonchev–Trinajstić information content (AvgIpc) is 2.74. The Morgan fingerprint density at radius 1 is 1.29 bits per heavy atom. The van der Waals surface area contributed by atoms with Gasteiger partial charge in [-0.3, -0.25) is 9.67 Å². The highest BCUT2D eigenvalue weighted by molar-refractivity contribution is 14.1. The number of aromatic nitrogens is 4. The summed E-state index contributed by atoms with van der Waals surface area (Å²) in [7, 11) is 0. The van der Waals surface area contributed by atoms with E-state index in [1.54, 1.807) is 12.4 Å². The Balaban J connectivity index is 1.98. The summed E-state index contributed by atoms with van der Waals surface area (Å²) in [6, 6.07) is 0. The van der Waals surface area contributed by atoms with Crippen molar-refractivity contribution in [2.24, 2.45) is 0 Å². The number of halogens is 1. The molecule has 1 N–H and O–H groups in total. The summed E-state index contributed by atoms with van der Waals surface area (Å²) in [5.41, 5.74) is 0.909. The highest BCUT2D eigenvalue weighted by atomic mass is 127. The largest absolute Gasteiger partial charge is 0.369 e. The van der Waals surface area contributed by atoms with Crippen molar-refractivity contribution >= 4 is 28.4 Å². The minimum atomic E-state index is 0.657. The van der Waals surface area contributed by atoms with Gasteiger partial charge in [-0.25, -0.2) is 4.98 Å². The SMILES string of the molecule is CCCNc1cnc(Cn2cc(I)cn2)cn1. The Bertz CT molecular complexity index is 465. The maximum Gasteiger partial charge on any atom is 0.144 e. The highest BCUT2D eigenvalue weighted by Crippen LogP contribution is 2.05. The zero-order valence-electron chi connectivity index (χ0n) is 9.60. The second-order valence-electron chi connectivity index (χ2n) is 3.68. The van der Waals surface area contributed by atoms with Crippen LogP contribution in [0, 0.1) is 3.57 Å². The molecule has 0 amide bonds. The van der Waals surface area contributed by atoms with Crippen molar-refractivity contribution in [3.05, 3.63) is 34.1 Å². The molecule has 0 bridgehead atoms. The first-order valence-corrected chi connectivity index (χ1v) is 6.58. The van der Waals surface area contributed by atoms with Gasteiger partial charge in [-0.2, -0.15) is 5.10 Å². The van der Waals surface area contributed by atoms with E-state index in [4.69, 9.17) is 0 Å². The van der Waals surface area contributed by atoms with Gasteiger partial charge in [0.2, 0.25) is 0 Å². The van der Waals surface area contributed by atoms with E-state index >= 15 is 0 Å². The van der Waals surface area contributed by atoms with Crippen LogP contribution >= 0.6 is 22.6 Å². The summed E-state index contributed by atoms with van der Waals surface area (Å²) in [6.07, 6.45) is 8.43. The number of rotatable bonds is 5. The smallest absolute Gasteiger partial charge is 0.144 e. The van der Waals surface area contributed by atoms with Crippen LogP contribution in [-0.2, 0) is 6.54 Å². The molecule has 0 atom stereocenters. The molecule has 0 saturated carbocycles. The third-order valence-electron chi connectivity index (χ3n) is 2.19. The monoisotopic (exact) mass is 343 g/mol. The van der Waals surface area contributed by atoms with Gasteiger partial charge in [0.15, 0.2) is 0 Å². The van der Waals surface area contributed by atoms with Crippen LogP contribution in [0.5, 0.6) is 0 Å². The fraction of sp³-hybridized carbons (Fsp3) is 0.364. The topological polar surface area (TPSA) is 55.6 Å². The summed E-state index contributed by atoms with van der Waals surface area (Å²) in [4.78, 5) is 8.65. The van der Waals surface area contributed by atoms with E-state index in [0.717, 1.165) is 28.0 Å². The van der Waals surface area contributed by atoms with Crippen LogP contribution in [0.15, 0.2) is 24.8 Å². The molecule has 17 heavy (non-hydrogen) atoms. The first kappa shape index (κ1) is 12.3. The third kappa shape index (κ3) is 3.65. The molecule has 0 aliphatic rings. The van der Waals surface area contributed by atoms with E-state index in [0.29, 0.717) is 6.54 Å². The molecule has 2 rings (SSSR count). The van der Waals surface area contributed by atoms with E-state index in [1.165, 1.54) is 0 Å². The number of hydrogen-bond acceptors (Lipinski definition) is 4. The van der Waals surface area contributed by atoms with Crippen LogP contribution in [0.25, 0.3) is 0 Å². The van der Waals surface area contributed by atoms with Gasteiger partial charge < -0.3 is 5.32 Å². The summed E-state index contributed by atoms with van der Waals surface area (Å²) in [5.74, 6) is 0.825. The average molecular weight is 343 g/mol. The van der Waals surface area contributed by atoms with E-state index in [9.17, 15) is 0 Å². The zero-order valence-corrected chi connectivity index (χ0v) is 11.8. The lowest BCUT2D eigenvalue weighted by Gasteiger charge is -2.04. The normalized spacial score (nSPS) is 10.5. The first-order chi connectivity index (χ1) is 8.28. The van der Waals surface area contributed by atoms with E-state index in [2.05, 4.69) is 49.9 Å². The number of nitrogens with one attached hydrogen (secondary N) is 1. The van der Waals surface area contributed by atoms with E-state index < -0.39 is 0 Å². The lowest BCUT2D eigenvalue weighted by molar-refractivity contribution is 0.669. The van der Waals surface area contributed by atoms with E-state index in [1.807, 2.05) is 17.1 Å². The minimum absolute atomic E-state index is 0.657.